The molecule has 1 N–H and O–H groups in total. The maximum absolute atomic E-state index is 7.57. The highest BCUT2D eigenvalue weighted by Gasteiger charge is 1.34. The van der Waals surface area contributed by atoms with E-state index in [1.807, 2.05) is 0 Å². The van der Waals surface area contributed by atoms with E-state index < -0.39 is 0 Å². The number of rotatable bonds is 0. The number of aliphatic hydroxyl groups excluding tert-OH is 1. The van der Waals surface area contributed by atoms with Crippen LogP contribution in [0.15, 0.2) is 0 Å². The summed E-state index contributed by atoms with van der Waals surface area (Å²) in [6.07, 6.45) is 0. The average molecular weight is 106 g/mol. The van der Waals surface area contributed by atoms with Gasteiger partial charge in [-0.3, -0.25) is 14.1 Å². The molecule has 0 saturated heterocycles. The van der Waals surface area contributed by atoms with Gasteiger partial charge in [0.2, 0.25) is 0 Å². The first kappa shape index (κ1) is 42.4. The lowest BCUT2D eigenvalue weighted by atomic mass is 10.9. The predicted molar refractivity (Wildman–Crippen MR) is 20.3 cm³/mol. The van der Waals surface area contributed by atoms with E-state index in [1.165, 1.54) is 0 Å². The summed E-state index contributed by atoms with van der Waals surface area (Å²) in [5, 5.41) is 7.57. The lowest BCUT2D eigenvalue weighted by Gasteiger charge is -1.52. The van der Waals surface area contributed by atoms with Crippen molar-refractivity contribution in [1.29, 1.82) is 0 Å². The fourth-order valence-electron chi connectivity index (χ4n) is 0. The van der Waals surface area contributed by atoms with Crippen LogP contribution >= 0.6 is 0 Å². The van der Waals surface area contributed by atoms with Crippen LogP contribution in [-0.4, -0.2) is 11.7 Å². The maximum atomic E-state index is 7.57. The minimum atomic E-state index is 0. The van der Waals surface area contributed by atoms with Gasteiger partial charge in [-0.05, 0) is 6.92 Å². The highest BCUT2D eigenvalue weighted by atomic mass is 19.0. The van der Waals surface area contributed by atoms with Crippen LogP contribution in [0.5, 0.6) is 0 Å². The predicted octanol–water partition coefficient (Wildman–Crippen LogP) is 0.456. The third-order valence-corrected chi connectivity index (χ3v) is 0. The Balaban J connectivity index is -0.00000000667. The zero-order valence-electron chi connectivity index (χ0n) is 3.38. The molecule has 0 unspecified atom stereocenters. The van der Waals surface area contributed by atoms with Crippen molar-refractivity contribution in [2.24, 2.45) is 0 Å². The second-order valence-electron chi connectivity index (χ2n) is 0.316. The van der Waals surface area contributed by atoms with Crippen molar-refractivity contribution in [2.75, 3.05) is 6.61 Å². The average Bonchev–Trinajstić information content (AvgIpc) is 0.918. The molecule has 0 aromatic carbocycles. The fourth-order valence-corrected chi connectivity index (χ4v) is 0. The molecule has 0 radical (unpaired) electrons. The van der Waals surface area contributed by atoms with E-state index in [0.717, 1.165) is 0 Å². The largest absolute Gasteiger partial charge is 0.397 e. The van der Waals surface area contributed by atoms with Crippen molar-refractivity contribution in [3.05, 3.63) is 0 Å². The van der Waals surface area contributed by atoms with E-state index in [1.54, 1.807) is 6.92 Å². The van der Waals surface area contributed by atoms with Gasteiger partial charge in [0.05, 0.1) is 0 Å². The quantitative estimate of drug-likeness (QED) is 0.475. The molecule has 0 amide bonds. The Kier molecular flexibility index (Phi) is 838. The Morgan fingerprint density at radius 2 is 1.17 bits per heavy atom. The Labute approximate surface area is 34.1 Å². The maximum Gasteiger partial charge on any atom is 0.0402 e. The van der Waals surface area contributed by atoms with Gasteiger partial charge in [0.1, 0.15) is 0 Å². The topological polar surface area (TPSA) is 20.2 Å². The lowest BCUT2D eigenvalue weighted by molar-refractivity contribution is 0.318. The Hall–Kier alpha value is -0.250. The van der Waals surface area contributed by atoms with Crippen molar-refractivity contribution >= 4 is 0 Å². The Morgan fingerprint density at radius 3 is 1.17 bits per heavy atom. The van der Waals surface area contributed by atoms with Gasteiger partial charge in [0.15, 0.2) is 0 Å². The van der Waals surface area contributed by atoms with Gasteiger partial charge in [0, 0.05) is 6.61 Å². The van der Waals surface area contributed by atoms with Crippen molar-refractivity contribution < 1.29 is 19.2 Å². The second kappa shape index (κ2) is 119. The zero-order valence-corrected chi connectivity index (χ0v) is 3.38. The van der Waals surface area contributed by atoms with Crippen LogP contribution in [0.3, 0.4) is 0 Å². The van der Waals surface area contributed by atoms with Crippen LogP contribution in [0.1, 0.15) is 6.92 Å². The highest BCUT2D eigenvalue weighted by molar-refractivity contribution is 3.84. The summed E-state index contributed by atoms with van der Waals surface area (Å²) in [5.74, 6) is 0. The minimum Gasteiger partial charge on any atom is -0.397 e. The molecule has 0 atom stereocenters. The van der Waals surface area contributed by atoms with Crippen LogP contribution in [0, 0.1) is 0 Å². The van der Waals surface area contributed by atoms with Crippen LogP contribution in [0.25, 0.3) is 0 Å². The van der Waals surface area contributed by atoms with Gasteiger partial charge in [-0.1, -0.05) is 0 Å². The standard InChI is InChI=1S/C2H6O.3FH/c1-2-3;;;/h3H,2H2,1H3;3*1H. The van der Waals surface area contributed by atoms with Gasteiger partial charge in [-0.15, -0.1) is 0 Å². The van der Waals surface area contributed by atoms with Gasteiger partial charge in [0.25, 0.3) is 0 Å². The third kappa shape index (κ3) is 454. The van der Waals surface area contributed by atoms with Crippen molar-refractivity contribution in [3.8, 4) is 0 Å². The monoisotopic (exact) mass is 106 g/mol. The number of aliphatic hydroxyl groups is 1. The smallest absolute Gasteiger partial charge is 0.0402 e. The summed E-state index contributed by atoms with van der Waals surface area (Å²) >= 11 is 0. The highest BCUT2D eigenvalue weighted by Crippen LogP contribution is 1.30. The number of halogens is 3. The Morgan fingerprint density at radius 1 is 1.17 bits per heavy atom. The van der Waals surface area contributed by atoms with Crippen LogP contribution < -0.4 is 0 Å². The summed E-state index contributed by atoms with van der Waals surface area (Å²) in [4.78, 5) is 0. The van der Waals surface area contributed by atoms with Gasteiger partial charge >= 0.3 is 0 Å². The fraction of sp³-hybridized carbons (Fsp3) is 1.00. The Bertz CT molecular complexity index is 8.75. The normalized spacial score (nSPS) is 3.00. The number of hydrogen-bond acceptors (Lipinski definition) is 1. The molecule has 0 heterocycles. The summed E-state index contributed by atoms with van der Waals surface area (Å²) in [6, 6.07) is 0. The molecular weight excluding hydrogens is 97.0 g/mol. The van der Waals surface area contributed by atoms with Gasteiger partial charge < -0.3 is 5.11 Å². The van der Waals surface area contributed by atoms with Crippen LogP contribution in [0.4, 0.5) is 14.1 Å². The third-order valence-electron chi connectivity index (χ3n) is 0. The van der Waals surface area contributed by atoms with E-state index in [9.17, 15) is 0 Å². The van der Waals surface area contributed by atoms with Crippen molar-refractivity contribution in [3.63, 3.8) is 0 Å². The first-order valence-electron chi connectivity index (χ1n) is 1.02. The molecule has 4 heteroatoms. The van der Waals surface area contributed by atoms with Crippen LogP contribution in [0.2, 0.25) is 0 Å². The molecule has 1 nitrogen and oxygen atoms in total. The van der Waals surface area contributed by atoms with E-state index in [2.05, 4.69) is 0 Å². The zero-order chi connectivity index (χ0) is 2.71. The van der Waals surface area contributed by atoms with Crippen molar-refractivity contribution in [2.45, 2.75) is 6.92 Å². The summed E-state index contributed by atoms with van der Waals surface area (Å²) in [7, 11) is 0. The molecule has 0 aliphatic rings. The molecule has 0 aromatic heterocycles. The van der Waals surface area contributed by atoms with Gasteiger partial charge in [-0.2, -0.15) is 0 Å². The van der Waals surface area contributed by atoms with Gasteiger partial charge in [-0.25, -0.2) is 0 Å². The molecule has 0 aromatic rings. The number of hydrogen-bond donors (Lipinski definition) is 1. The van der Waals surface area contributed by atoms with Crippen LogP contribution in [-0.2, 0) is 0 Å². The molecule has 0 spiro atoms. The summed E-state index contributed by atoms with van der Waals surface area (Å²) in [5.41, 5.74) is 0. The van der Waals surface area contributed by atoms with E-state index in [4.69, 9.17) is 5.11 Å². The van der Waals surface area contributed by atoms with Crippen molar-refractivity contribution in [1.82, 2.24) is 0 Å². The lowest BCUT2D eigenvalue weighted by Crippen LogP contribution is -1.57. The molecule has 44 valence electrons. The molecule has 6 heavy (non-hydrogen) atoms. The molecule has 0 saturated carbocycles. The molecular formula is C2H9F3O. The molecule has 0 aliphatic carbocycles. The first-order valence-corrected chi connectivity index (χ1v) is 1.02. The van der Waals surface area contributed by atoms with E-state index in [0.29, 0.717) is 0 Å². The molecule has 0 bridgehead atoms. The summed E-state index contributed by atoms with van der Waals surface area (Å²) in [6.45, 7) is 1.93. The first-order chi connectivity index (χ1) is 1.41. The van der Waals surface area contributed by atoms with E-state index in [-0.39, 0.29) is 20.7 Å². The van der Waals surface area contributed by atoms with E-state index >= 15 is 0 Å². The minimum absolute atomic E-state index is 0. The molecule has 0 rings (SSSR count). The summed E-state index contributed by atoms with van der Waals surface area (Å²) < 4.78 is 0. The SMILES string of the molecule is CCO.F.F.F. The molecule has 0 aliphatic heterocycles. The molecule has 0 fully saturated rings. The second-order valence-corrected chi connectivity index (χ2v) is 0.316.